The van der Waals surface area contributed by atoms with Crippen molar-refractivity contribution >= 4 is 0 Å². The van der Waals surface area contributed by atoms with E-state index in [2.05, 4.69) is 5.16 Å². The lowest BCUT2D eigenvalue weighted by Gasteiger charge is -2.08. The number of hydrogen-bond acceptors (Lipinski definition) is 3. The second kappa shape index (κ2) is 5.44. The fourth-order valence-corrected chi connectivity index (χ4v) is 1.81. The predicted octanol–water partition coefficient (Wildman–Crippen LogP) is 3.25. The molecule has 0 fully saturated rings. The summed E-state index contributed by atoms with van der Waals surface area (Å²) < 4.78 is 42.8. The Hall–Kier alpha value is -1.82. The lowest BCUT2D eigenvalue weighted by atomic mass is 10.0. The highest BCUT2D eigenvalue weighted by molar-refractivity contribution is 5.65. The summed E-state index contributed by atoms with van der Waals surface area (Å²) in [7, 11) is 0. The van der Waals surface area contributed by atoms with Crippen LogP contribution in [0.15, 0.2) is 35.1 Å². The van der Waals surface area contributed by atoms with Crippen molar-refractivity contribution in [2.24, 2.45) is 5.73 Å². The molecule has 1 heterocycles. The zero-order chi connectivity index (χ0) is 13.9. The maximum atomic E-state index is 12.7. The van der Waals surface area contributed by atoms with E-state index in [0.29, 0.717) is 36.2 Å². The van der Waals surface area contributed by atoms with Gasteiger partial charge in [-0.25, -0.2) is 0 Å². The van der Waals surface area contributed by atoms with Crippen molar-refractivity contribution in [3.8, 4) is 11.1 Å². The normalized spacial score (nSPS) is 11.8. The van der Waals surface area contributed by atoms with Gasteiger partial charge in [0.05, 0.1) is 11.3 Å². The molecule has 0 unspecified atom stereocenters. The standard InChI is InChI=1S/C13H13F3N2O/c14-13(15,16)10-4-1-3-9(7-10)11-8-19-18-12(11)5-2-6-17/h1,3-4,7-8H,2,5-6,17H2. The first-order valence-electron chi connectivity index (χ1n) is 5.83. The number of aromatic nitrogens is 1. The van der Waals surface area contributed by atoms with Crippen LogP contribution in [-0.2, 0) is 12.6 Å². The summed E-state index contributed by atoms with van der Waals surface area (Å²) in [4.78, 5) is 0. The van der Waals surface area contributed by atoms with E-state index in [-0.39, 0.29) is 0 Å². The van der Waals surface area contributed by atoms with Gasteiger partial charge >= 0.3 is 6.18 Å². The quantitative estimate of drug-likeness (QED) is 0.927. The van der Waals surface area contributed by atoms with Gasteiger partial charge in [-0.05, 0) is 37.1 Å². The van der Waals surface area contributed by atoms with Crippen molar-refractivity contribution in [2.75, 3.05) is 6.54 Å². The third-order valence-electron chi connectivity index (χ3n) is 2.76. The molecule has 6 heteroatoms. The molecule has 19 heavy (non-hydrogen) atoms. The Morgan fingerprint density at radius 2 is 2.05 bits per heavy atom. The van der Waals surface area contributed by atoms with Crippen molar-refractivity contribution in [1.29, 1.82) is 0 Å². The Bertz CT molecular complexity index is 549. The number of benzene rings is 1. The molecule has 0 saturated carbocycles. The van der Waals surface area contributed by atoms with Gasteiger partial charge in [-0.1, -0.05) is 17.3 Å². The molecule has 2 N–H and O–H groups in total. The number of nitrogens with two attached hydrogens (primary N) is 1. The molecule has 0 saturated heterocycles. The smallest absolute Gasteiger partial charge is 0.364 e. The van der Waals surface area contributed by atoms with Crippen LogP contribution in [0.1, 0.15) is 17.7 Å². The first kappa shape index (κ1) is 13.6. The highest BCUT2D eigenvalue weighted by atomic mass is 19.4. The van der Waals surface area contributed by atoms with Crippen LogP contribution in [0.25, 0.3) is 11.1 Å². The van der Waals surface area contributed by atoms with Crippen LogP contribution in [0.2, 0.25) is 0 Å². The van der Waals surface area contributed by atoms with Crippen LogP contribution >= 0.6 is 0 Å². The topological polar surface area (TPSA) is 52.0 Å². The molecule has 1 aromatic heterocycles. The molecule has 0 bridgehead atoms. The van der Waals surface area contributed by atoms with Gasteiger partial charge in [-0.2, -0.15) is 13.2 Å². The van der Waals surface area contributed by atoms with Crippen LogP contribution < -0.4 is 5.73 Å². The Balaban J connectivity index is 2.34. The minimum atomic E-state index is -4.36. The van der Waals surface area contributed by atoms with Gasteiger partial charge in [-0.15, -0.1) is 0 Å². The first-order chi connectivity index (χ1) is 9.02. The SMILES string of the molecule is NCCCc1nocc1-c1cccc(C(F)(F)F)c1. The molecule has 1 aromatic carbocycles. The summed E-state index contributed by atoms with van der Waals surface area (Å²) in [6, 6.07) is 5.11. The van der Waals surface area contributed by atoms with E-state index >= 15 is 0 Å². The summed E-state index contributed by atoms with van der Waals surface area (Å²) in [5.74, 6) is 0. The van der Waals surface area contributed by atoms with E-state index in [1.807, 2.05) is 0 Å². The van der Waals surface area contributed by atoms with Crippen molar-refractivity contribution in [3.63, 3.8) is 0 Å². The summed E-state index contributed by atoms with van der Waals surface area (Å²) in [6.45, 7) is 0.495. The maximum absolute atomic E-state index is 12.7. The molecule has 0 aliphatic carbocycles. The van der Waals surface area contributed by atoms with Gasteiger partial charge in [0, 0.05) is 5.56 Å². The van der Waals surface area contributed by atoms with Gasteiger partial charge in [0.15, 0.2) is 0 Å². The van der Waals surface area contributed by atoms with Crippen LogP contribution in [0.3, 0.4) is 0 Å². The van der Waals surface area contributed by atoms with E-state index in [1.165, 1.54) is 12.3 Å². The zero-order valence-corrected chi connectivity index (χ0v) is 10.1. The van der Waals surface area contributed by atoms with E-state index < -0.39 is 11.7 Å². The number of nitrogens with zero attached hydrogens (tertiary/aromatic N) is 1. The molecule has 2 aromatic rings. The second-order valence-corrected chi connectivity index (χ2v) is 4.15. The van der Waals surface area contributed by atoms with Gasteiger partial charge in [0.1, 0.15) is 6.26 Å². The molecule has 0 aliphatic rings. The number of halogens is 3. The van der Waals surface area contributed by atoms with Crippen LogP contribution in [0.5, 0.6) is 0 Å². The molecule has 102 valence electrons. The Morgan fingerprint density at radius 1 is 1.26 bits per heavy atom. The van der Waals surface area contributed by atoms with Crippen molar-refractivity contribution in [3.05, 3.63) is 41.8 Å². The Labute approximate surface area is 108 Å². The van der Waals surface area contributed by atoms with Crippen molar-refractivity contribution < 1.29 is 17.7 Å². The highest BCUT2D eigenvalue weighted by Gasteiger charge is 2.30. The third kappa shape index (κ3) is 3.14. The summed E-state index contributed by atoms with van der Waals surface area (Å²) in [6.07, 6.45) is -1.71. The molecule has 0 spiro atoms. The summed E-state index contributed by atoms with van der Waals surface area (Å²) >= 11 is 0. The molecule has 0 radical (unpaired) electrons. The minimum Gasteiger partial charge on any atom is -0.364 e. The molecular formula is C13H13F3N2O. The average Bonchev–Trinajstić information content (AvgIpc) is 2.83. The van der Waals surface area contributed by atoms with Gasteiger partial charge < -0.3 is 10.3 Å². The second-order valence-electron chi connectivity index (χ2n) is 4.15. The molecule has 2 rings (SSSR count). The maximum Gasteiger partial charge on any atom is 0.416 e. The monoisotopic (exact) mass is 270 g/mol. The van der Waals surface area contributed by atoms with Gasteiger partial charge in [0.2, 0.25) is 0 Å². The summed E-state index contributed by atoms with van der Waals surface area (Å²) in [5.41, 5.74) is 6.38. The minimum absolute atomic E-state index is 0.447. The number of rotatable bonds is 4. The van der Waals surface area contributed by atoms with E-state index in [9.17, 15) is 13.2 Å². The molecule has 0 atom stereocenters. The fourth-order valence-electron chi connectivity index (χ4n) is 1.81. The van der Waals surface area contributed by atoms with Crippen LogP contribution in [-0.4, -0.2) is 11.7 Å². The Morgan fingerprint density at radius 3 is 2.74 bits per heavy atom. The largest absolute Gasteiger partial charge is 0.416 e. The third-order valence-corrected chi connectivity index (χ3v) is 2.76. The van der Waals surface area contributed by atoms with Crippen molar-refractivity contribution in [2.45, 2.75) is 19.0 Å². The zero-order valence-electron chi connectivity index (χ0n) is 10.1. The first-order valence-corrected chi connectivity index (χ1v) is 5.83. The number of hydrogen-bond donors (Lipinski definition) is 1. The molecule has 3 nitrogen and oxygen atoms in total. The van der Waals surface area contributed by atoms with Crippen LogP contribution in [0.4, 0.5) is 13.2 Å². The number of aryl methyl sites for hydroxylation is 1. The van der Waals surface area contributed by atoms with Gasteiger partial charge in [0.25, 0.3) is 0 Å². The van der Waals surface area contributed by atoms with Crippen molar-refractivity contribution in [1.82, 2.24) is 5.16 Å². The molecular weight excluding hydrogens is 257 g/mol. The van der Waals surface area contributed by atoms with Crippen LogP contribution in [0, 0.1) is 0 Å². The van der Waals surface area contributed by atoms with E-state index in [4.69, 9.17) is 10.3 Å². The lowest BCUT2D eigenvalue weighted by Crippen LogP contribution is -2.04. The van der Waals surface area contributed by atoms with E-state index in [1.54, 1.807) is 6.07 Å². The predicted molar refractivity (Wildman–Crippen MR) is 64.3 cm³/mol. The number of alkyl halides is 3. The van der Waals surface area contributed by atoms with Gasteiger partial charge in [-0.3, -0.25) is 0 Å². The lowest BCUT2D eigenvalue weighted by molar-refractivity contribution is -0.137. The summed E-state index contributed by atoms with van der Waals surface area (Å²) in [5, 5.41) is 3.81. The van der Waals surface area contributed by atoms with E-state index in [0.717, 1.165) is 12.1 Å². The highest BCUT2D eigenvalue weighted by Crippen LogP contribution is 2.33. The average molecular weight is 270 g/mol. The Kier molecular flexibility index (Phi) is 3.90. The molecule has 0 aliphatic heterocycles. The molecule has 0 amide bonds. The fraction of sp³-hybridized carbons (Fsp3) is 0.308.